The third kappa shape index (κ3) is 3.78. The number of phenolic OH excluding ortho intramolecular Hbond substituents is 2. The molecule has 2 unspecified atom stereocenters. The first-order valence-corrected chi connectivity index (χ1v) is 12.7. The lowest BCUT2D eigenvalue weighted by atomic mass is 9.70. The van der Waals surface area contributed by atoms with Gasteiger partial charge in [0.15, 0.2) is 17.3 Å². The Labute approximate surface area is 229 Å². The number of amides is 1. The average Bonchev–Trinajstić information content (AvgIpc) is 3.45. The molecule has 0 spiro atoms. The van der Waals surface area contributed by atoms with Gasteiger partial charge in [-0.3, -0.25) is 19.2 Å². The van der Waals surface area contributed by atoms with Gasteiger partial charge in [0.25, 0.3) is 0 Å². The van der Waals surface area contributed by atoms with E-state index < -0.39 is 40.3 Å². The van der Waals surface area contributed by atoms with Crippen LogP contribution in [0.4, 0.5) is 0 Å². The zero-order chi connectivity index (χ0) is 29.1. The van der Waals surface area contributed by atoms with Crippen molar-refractivity contribution < 1.29 is 34.1 Å². The van der Waals surface area contributed by atoms with Crippen LogP contribution in [0.25, 0.3) is 10.9 Å². The molecule has 2 aromatic carbocycles. The van der Waals surface area contributed by atoms with E-state index in [1.54, 1.807) is 0 Å². The largest absolute Gasteiger partial charge is 0.507 e. The summed E-state index contributed by atoms with van der Waals surface area (Å²) in [5.41, 5.74) is -0.0473. The predicted octanol–water partition coefficient (Wildman–Crippen LogP) is 3.00. The van der Waals surface area contributed by atoms with Gasteiger partial charge in [-0.15, -0.1) is 0 Å². The number of Topliss-reactive ketones (excluding diaryl/α,β-unsaturated/α-hetero) is 2. The summed E-state index contributed by atoms with van der Waals surface area (Å²) < 4.78 is 5.81. The summed E-state index contributed by atoms with van der Waals surface area (Å²) in [5, 5.41) is 28.2. The Hall–Kier alpha value is -4.86. The smallest absolute Gasteiger partial charge is 0.242 e. The molecule has 0 fully saturated rings. The van der Waals surface area contributed by atoms with Crippen LogP contribution < -0.4 is 15.4 Å². The van der Waals surface area contributed by atoms with Crippen LogP contribution in [0, 0.1) is 6.92 Å². The predicted molar refractivity (Wildman–Crippen MR) is 146 cm³/mol. The number of nitrogens with one attached hydrogen (secondary N) is 3. The highest BCUT2D eigenvalue weighted by Gasteiger charge is 2.56. The standard InChI is InChI=1S/C30H29N3O7/c1-13-25(36)23(15(3)34)27-24(26(13)37)30(4)21(40-27)11-20(35)22(28(30)38)14(2)33-19(29(39)31-5)10-16-12-32-18-9-7-6-8-17(16)18/h6-9,11-12,19,32-33,36-37H,10H2,1-5H3,(H,31,39). The highest BCUT2D eigenvalue weighted by atomic mass is 16.5. The Balaban J connectivity index is 1.58. The van der Waals surface area contributed by atoms with Crippen molar-refractivity contribution in [2.45, 2.75) is 45.6 Å². The number of phenols is 2. The molecule has 1 aliphatic carbocycles. The van der Waals surface area contributed by atoms with Crippen LogP contribution >= 0.6 is 0 Å². The number of ketones is 3. The number of aromatic hydroxyl groups is 2. The first-order chi connectivity index (χ1) is 18.9. The van der Waals surface area contributed by atoms with Gasteiger partial charge >= 0.3 is 0 Å². The molecule has 40 heavy (non-hydrogen) atoms. The van der Waals surface area contributed by atoms with Crippen molar-refractivity contribution in [3.8, 4) is 17.2 Å². The van der Waals surface area contributed by atoms with Crippen molar-refractivity contribution in [3.63, 3.8) is 0 Å². The number of fused-ring (bicyclic) bond motifs is 4. The van der Waals surface area contributed by atoms with Crippen molar-refractivity contribution in [1.29, 1.82) is 0 Å². The minimum Gasteiger partial charge on any atom is -0.507 e. The highest BCUT2D eigenvalue weighted by Crippen LogP contribution is 2.57. The zero-order valence-electron chi connectivity index (χ0n) is 22.7. The summed E-state index contributed by atoms with van der Waals surface area (Å²) in [6.45, 7) is 5.68. The SMILES string of the molecule is CNC(=O)C(Cc1c[nH]c2ccccc12)NC(C)=C1C(=O)C=C2Oc3c(C(C)=O)c(O)c(C)c(O)c3C2(C)C1=O. The number of carbonyl (C=O) groups is 4. The maximum absolute atomic E-state index is 14.1. The van der Waals surface area contributed by atoms with E-state index in [4.69, 9.17) is 4.74 Å². The van der Waals surface area contributed by atoms with Crippen molar-refractivity contribution in [2.75, 3.05) is 7.05 Å². The quantitative estimate of drug-likeness (QED) is 0.180. The van der Waals surface area contributed by atoms with Crippen LogP contribution in [-0.4, -0.2) is 51.5 Å². The first-order valence-electron chi connectivity index (χ1n) is 12.7. The average molecular weight is 544 g/mol. The molecule has 2 aliphatic rings. The van der Waals surface area contributed by atoms with E-state index in [9.17, 15) is 29.4 Å². The van der Waals surface area contributed by atoms with Gasteiger partial charge in [0, 0.05) is 47.9 Å². The molecule has 5 N–H and O–H groups in total. The minimum atomic E-state index is -1.65. The number of aromatic amines is 1. The summed E-state index contributed by atoms with van der Waals surface area (Å²) in [4.78, 5) is 55.8. The number of para-hydroxylation sites is 1. The van der Waals surface area contributed by atoms with E-state index in [-0.39, 0.29) is 51.8 Å². The molecule has 2 heterocycles. The molecule has 1 aromatic heterocycles. The number of allylic oxidation sites excluding steroid dienone is 4. The molecule has 10 heteroatoms. The first kappa shape index (κ1) is 26.7. The number of hydrogen-bond donors (Lipinski definition) is 5. The summed E-state index contributed by atoms with van der Waals surface area (Å²) in [6, 6.07) is 6.84. The third-order valence-electron chi connectivity index (χ3n) is 7.81. The number of benzene rings is 2. The van der Waals surface area contributed by atoms with Gasteiger partial charge in [0.2, 0.25) is 5.91 Å². The number of carbonyl (C=O) groups excluding carboxylic acids is 4. The lowest BCUT2D eigenvalue weighted by Crippen LogP contribution is -2.46. The van der Waals surface area contributed by atoms with Gasteiger partial charge in [0.1, 0.15) is 40.0 Å². The molecule has 3 aromatic rings. The molecule has 0 bridgehead atoms. The maximum atomic E-state index is 14.1. The van der Waals surface area contributed by atoms with Crippen molar-refractivity contribution in [2.24, 2.45) is 0 Å². The minimum absolute atomic E-state index is 0.00342. The van der Waals surface area contributed by atoms with Crippen LogP contribution in [0.3, 0.4) is 0 Å². The van der Waals surface area contributed by atoms with E-state index >= 15 is 0 Å². The van der Waals surface area contributed by atoms with Gasteiger partial charge < -0.3 is 30.6 Å². The van der Waals surface area contributed by atoms with E-state index in [0.717, 1.165) is 22.5 Å². The van der Waals surface area contributed by atoms with Gasteiger partial charge in [-0.25, -0.2) is 0 Å². The normalized spacial score (nSPS) is 19.9. The van der Waals surface area contributed by atoms with Gasteiger partial charge in [-0.2, -0.15) is 0 Å². The highest BCUT2D eigenvalue weighted by molar-refractivity contribution is 6.31. The lowest BCUT2D eigenvalue weighted by molar-refractivity contribution is -0.124. The Bertz CT molecular complexity index is 1710. The monoisotopic (exact) mass is 543 g/mol. The second-order valence-electron chi connectivity index (χ2n) is 10.3. The second kappa shape index (κ2) is 9.41. The van der Waals surface area contributed by atoms with Gasteiger partial charge in [-0.1, -0.05) is 18.2 Å². The molecule has 1 aliphatic heterocycles. The molecule has 1 amide bonds. The van der Waals surface area contributed by atoms with E-state index in [2.05, 4.69) is 15.6 Å². The molecular weight excluding hydrogens is 514 g/mol. The number of likely N-dealkylation sites (N-methyl/N-ethyl adjacent to an activating group) is 1. The number of aromatic nitrogens is 1. The fourth-order valence-electron chi connectivity index (χ4n) is 5.60. The number of hydrogen-bond acceptors (Lipinski definition) is 8. The second-order valence-corrected chi connectivity index (χ2v) is 10.3. The Morgan fingerprint density at radius 2 is 1.82 bits per heavy atom. The van der Waals surface area contributed by atoms with Crippen LogP contribution in [0.5, 0.6) is 17.2 Å². The molecule has 5 rings (SSSR count). The number of H-pyrrole nitrogens is 1. The molecule has 0 saturated heterocycles. The fourth-order valence-corrected chi connectivity index (χ4v) is 5.60. The molecule has 206 valence electrons. The van der Waals surface area contributed by atoms with Crippen LogP contribution in [0.1, 0.15) is 47.8 Å². The lowest BCUT2D eigenvalue weighted by Gasteiger charge is -2.29. The van der Waals surface area contributed by atoms with E-state index in [0.29, 0.717) is 0 Å². The molecule has 2 atom stereocenters. The molecule has 0 radical (unpaired) electrons. The Morgan fingerprint density at radius 3 is 2.50 bits per heavy atom. The maximum Gasteiger partial charge on any atom is 0.242 e. The molecule has 0 saturated carbocycles. The fraction of sp³-hybridized carbons (Fsp3) is 0.267. The Morgan fingerprint density at radius 1 is 1.12 bits per heavy atom. The summed E-state index contributed by atoms with van der Waals surface area (Å²) in [6.07, 6.45) is 3.23. The topological polar surface area (TPSA) is 158 Å². The number of rotatable bonds is 6. The summed E-state index contributed by atoms with van der Waals surface area (Å²) in [7, 11) is 1.50. The Kier molecular flexibility index (Phi) is 6.29. The summed E-state index contributed by atoms with van der Waals surface area (Å²) in [5.74, 6) is -3.26. The summed E-state index contributed by atoms with van der Waals surface area (Å²) >= 11 is 0. The van der Waals surface area contributed by atoms with Crippen molar-refractivity contribution in [3.05, 3.63) is 75.8 Å². The van der Waals surface area contributed by atoms with E-state index in [1.165, 1.54) is 34.7 Å². The van der Waals surface area contributed by atoms with Crippen LogP contribution in [-0.2, 0) is 26.2 Å². The van der Waals surface area contributed by atoms with Crippen LogP contribution in [0.2, 0.25) is 0 Å². The van der Waals surface area contributed by atoms with E-state index in [1.807, 2.05) is 30.5 Å². The number of ether oxygens (including phenoxy) is 1. The molecule has 10 nitrogen and oxygen atoms in total. The zero-order valence-corrected chi connectivity index (χ0v) is 22.7. The molecular formula is C30H29N3O7. The van der Waals surface area contributed by atoms with Gasteiger partial charge in [0.05, 0.1) is 11.1 Å². The van der Waals surface area contributed by atoms with Crippen molar-refractivity contribution in [1.82, 2.24) is 15.6 Å². The van der Waals surface area contributed by atoms with Crippen molar-refractivity contribution >= 4 is 34.2 Å². The van der Waals surface area contributed by atoms with Gasteiger partial charge in [-0.05, 0) is 39.3 Å². The van der Waals surface area contributed by atoms with Crippen LogP contribution in [0.15, 0.2) is 53.6 Å². The third-order valence-corrected chi connectivity index (χ3v) is 7.81.